The van der Waals surface area contributed by atoms with E-state index < -0.39 is 0 Å². The summed E-state index contributed by atoms with van der Waals surface area (Å²) in [6.45, 7) is 3.06. The van der Waals surface area contributed by atoms with Crippen LogP contribution in [0.4, 0.5) is 0 Å². The van der Waals surface area contributed by atoms with Crippen molar-refractivity contribution in [3.05, 3.63) is 48.0 Å². The average Bonchev–Trinajstić information content (AvgIpc) is 2.61. The van der Waals surface area contributed by atoms with Crippen molar-refractivity contribution in [2.45, 2.75) is 32.1 Å². The Morgan fingerprint density at radius 3 is 2.79 bits per heavy atom. The Labute approximate surface area is 150 Å². The maximum Gasteiger partial charge on any atom is 0.220 e. The maximum atomic E-state index is 12.0. The third kappa shape index (κ3) is 5.50. The minimum Gasteiger partial charge on any atom is -0.356 e. The van der Waals surface area contributed by atoms with E-state index in [0.717, 1.165) is 38.4 Å². The number of halogens is 1. The van der Waals surface area contributed by atoms with Crippen LogP contribution < -0.4 is 10.6 Å². The molecule has 0 bridgehead atoms. The van der Waals surface area contributed by atoms with Gasteiger partial charge in [0.1, 0.15) is 0 Å². The minimum atomic E-state index is 0. The van der Waals surface area contributed by atoms with Gasteiger partial charge in [0.05, 0.1) is 0 Å². The number of hydrogen-bond acceptors (Lipinski definition) is 2. The van der Waals surface area contributed by atoms with Crippen LogP contribution in [0.25, 0.3) is 10.8 Å². The SMILES string of the molecule is Cl.O=C(CCc1ccc2ccccc2c1)NCCC1CCCNC1. The van der Waals surface area contributed by atoms with Gasteiger partial charge in [-0.1, -0.05) is 42.5 Å². The van der Waals surface area contributed by atoms with Gasteiger partial charge in [-0.3, -0.25) is 4.79 Å². The summed E-state index contributed by atoms with van der Waals surface area (Å²) in [4.78, 5) is 12.0. The van der Waals surface area contributed by atoms with E-state index in [0.29, 0.717) is 6.42 Å². The first-order valence-electron chi connectivity index (χ1n) is 8.76. The van der Waals surface area contributed by atoms with E-state index in [1.807, 2.05) is 0 Å². The smallest absolute Gasteiger partial charge is 0.220 e. The highest BCUT2D eigenvalue weighted by molar-refractivity contribution is 5.85. The summed E-state index contributed by atoms with van der Waals surface area (Å²) >= 11 is 0. The van der Waals surface area contributed by atoms with Gasteiger partial charge in [0, 0.05) is 13.0 Å². The number of nitrogens with one attached hydrogen (secondary N) is 2. The van der Waals surface area contributed by atoms with Gasteiger partial charge < -0.3 is 10.6 Å². The molecule has 1 atom stereocenters. The van der Waals surface area contributed by atoms with Crippen LogP contribution in [0.2, 0.25) is 0 Å². The molecule has 2 aromatic rings. The molecule has 0 radical (unpaired) electrons. The second kappa shape index (κ2) is 9.65. The Balaban J connectivity index is 0.00000208. The van der Waals surface area contributed by atoms with Gasteiger partial charge in [-0.05, 0) is 61.0 Å². The Morgan fingerprint density at radius 1 is 1.17 bits per heavy atom. The van der Waals surface area contributed by atoms with E-state index in [9.17, 15) is 4.79 Å². The fourth-order valence-corrected chi connectivity index (χ4v) is 3.33. The van der Waals surface area contributed by atoms with Crippen LogP contribution in [0.15, 0.2) is 42.5 Å². The molecular weight excluding hydrogens is 320 g/mol. The van der Waals surface area contributed by atoms with Gasteiger partial charge in [-0.2, -0.15) is 0 Å². The van der Waals surface area contributed by atoms with Gasteiger partial charge in [-0.15, -0.1) is 12.4 Å². The van der Waals surface area contributed by atoms with E-state index in [4.69, 9.17) is 0 Å². The van der Waals surface area contributed by atoms with Gasteiger partial charge in [0.2, 0.25) is 5.91 Å². The third-order valence-corrected chi connectivity index (χ3v) is 4.73. The van der Waals surface area contributed by atoms with Gasteiger partial charge in [0.15, 0.2) is 0 Å². The van der Waals surface area contributed by atoms with Crippen LogP contribution >= 0.6 is 12.4 Å². The number of piperidine rings is 1. The molecule has 1 aliphatic rings. The van der Waals surface area contributed by atoms with E-state index in [1.54, 1.807) is 0 Å². The first kappa shape index (κ1) is 18.8. The first-order chi connectivity index (χ1) is 11.3. The van der Waals surface area contributed by atoms with Crippen molar-refractivity contribution in [1.82, 2.24) is 10.6 Å². The second-order valence-electron chi connectivity index (χ2n) is 6.53. The van der Waals surface area contributed by atoms with Crippen molar-refractivity contribution >= 4 is 29.1 Å². The number of hydrogen-bond donors (Lipinski definition) is 2. The molecule has 24 heavy (non-hydrogen) atoms. The fraction of sp³-hybridized carbons (Fsp3) is 0.450. The van der Waals surface area contributed by atoms with Crippen molar-refractivity contribution in [2.24, 2.45) is 5.92 Å². The summed E-state index contributed by atoms with van der Waals surface area (Å²) in [6, 6.07) is 14.8. The van der Waals surface area contributed by atoms with Crippen molar-refractivity contribution in [1.29, 1.82) is 0 Å². The molecule has 1 amide bonds. The Kier molecular flexibility index (Phi) is 7.54. The van der Waals surface area contributed by atoms with E-state index in [1.165, 1.54) is 29.2 Å². The van der Waals surface area contributed by atoms with Gasteiger partial charge in [-0.25, -0.2) is 0 Å². The molecule has 3 nitrogen and oxygen atoms in total. The highest BCUT2D eigenvalue weighted by Gasteiger charge is 2.12. The lowest BCUT2D eigenvalue weighted by molar-refractivity contribution is -0.121. The van der Waals surface area contributed by atoms with Gasteiger partial charge >= 0.3 is 0 Å². The number of amides is 1. The topological polar surface area (TPSA) is 41.1 Å². The van der Waals surface area contributed by atoms with Gasteiger partial charge in [0.25, 0.3) is 0 Å². The van der Waals surface area contributed by atoms with Crippen LogP contribution in [-0.4, -0.2) is 25.5 Å². The second-order valence-corrected chi connectivity index (χ2v) is 6.53. The maximum absolute atomic E-state index is 12.0. The minimum absolute atomic E-state index is 0. The predicted octanol–water partition coefficient (Wildman–Crippen LogP) is 3.70. The van der Waals surface area contributed by atoms with E-state index in [2.05, 4.69) is 53.1 Å². The third-order valence-electron chi connectivity index (χ3n) is 4.73. The summed E-state index contributed by atoms with van der Waals surface area (Å²) in [5, 5.41) is 8.99. The summed E-state index contributed by atoms with van der Waals surface area (Å²) in [5.74, 6) is 0.895. The molecule has 1 saturated heterocycles. The van der Waals surface area contributed by atoms with Crippen molar-refractivity contribution in [3.8, 4) is 0 Å². The molecule has 0 aliphatic carbocycles. The zero-order valence-electron chi connectivity index (χ0n) is 14.1. The van der Waals surface area contributed by atoms with E-state index >= 15 is 0 Å². The number of rotatable bonds is 6. The Hall–Kier alpha value is -1.58. The molecule has 3 rings (SSSR count). The number of fused-ring (bicyclic) bond motifs is 1. The molecule has 2 aromatic carbocycles. The molecule has 1 aliphatic heterocycles. The highest BCUT2D eigenvalue weighted by atomic mass is 35.5. The molecule has 1 fully saturated rings. The molecular formula is C20H27ClN2O. The molecule has 130 valence electrons. The summed E-state index contributed by atoms with van der Waals surface area (Å²) < 4.78 is 0. The summed E-state index contributed by atoms with van der Waals surface area (Å²) in [5.41, 5.74) is 1.23. The lowest BCUT2D eigenvalue weighted by Crippen LogP contribution is -2.33. The predicted molar refractivity (Wildman–Crippen MR) is 103 cm³/mol. The number of aryl methyl sites for hydroxylation is 1. The Bertz CT molecular complexity index is 653. The van der Waals surface area contributed by atoms with E-state index in [-0.39, 0.29) is 18.3 Å². The normalized spacial score (nSPS) is 17.2. The molecule has 1 heterocycles. The largest absolute Gasteiger partial charge is 0.356 e. The van der Waals surface area contributed by atoms with Crippen LogP contribution in [-0.2, 0) is 11.2 Å². The lowest BCUT2D eigenvalue weighted by Gasteiger charge is -2.22. The number of carbonyl (C=O) groups excluding carboxylic acids is 1. The van der Waals surface area contributed by atoms with Crippen LogP contribution in [0.1, 0.15) is 31.2 Å². The fourth-order valence-electron chi connectivity index (χ4n) is 3.33. The Morgan fingerprint density at radius 2 is 2.00 bits per heavy atom. The summed E-state index contributed by atoms with van der Waals surface area (Å²) in [6.07, 6.45) is 5.03. The molecule has 1 unspecified atom stereocenters. The summed E-state index contributed by atoms with van der Waals surface area (Å²) in [7, 11) is 0. The molecule has 4 heteroatoms. The van der Waals surface area contributed by atoms with Crippen molar-refractivity contribution in [3.63, 3.8) is 0 Å². The number of benzene rings is 2. The molecule has 0 aromatic heterocycles. The van der Waals surface area contributed by atoms with Crippen LogP contribution in [0.3, 0.4) is 0 Å². The number of carbonyl (C=O) groups is 1. The van der Waals surface area contributed by atoms with Crippen LogP contribution in [0.5, 0.6) is 0 Å². The molecule has 0 saturated carbocycles. The van der Waals surface area contributed by atoms with Crippen LogP contribution in [0, 0.1) is 5.92 Å². The average molecular weight is 347 g/mol. The quantitative estimate of drug-likeness (QED) is 0.837. The molecule has 2 N–H and O–H groups in total. The zero-order chi connectivity index (χ0) is 15.9. The first-order valence-corrected chi connectivity index (χ1v) is 8.76. The monoisotopic (exact) mass is 346 g/mol. The lowest BCUT2D eigenvalue weighted by atomic mass is 9.96. The van der Waals surface area contributed by atoms with Crippen molar-refractivity contribution < 1.29 is 4.79 Å². The standard InChI is InChI=1S/C20H26N2O.ClH/c23-20(22-13-11-17-4-3-12-21-15-17)10-8-16-7-9-18-5-1-2-6-19(18)14-16;/h1-2,5-7,9,14,17,21H,3-4,8,10-13,15H2,(H,22,23);1H. The highest BCUT2D eigenvalue weighted by Crippen LogP contribution is 2.16. The zero-order valence-corrected chi connectivity index (χ0v) is 14.9. The molecule has 0 spiro atoms. The van der Waals surface area contributed by atoms with Crippen molar-refractivity contribution in [2.75, 3.05) is 19.6 Å².